The molecule has 1 aliphatic heterocycles. The Morgan fingerprint density at radius 2 is 1.77 bits per heavy atom. The van der Waals surface area contributed by atoms with Crippen LogP contribution in [-0.2, 0) is 0 Å². The molecule has 2 aliphatic rings. The zero-order valence-corrected chi connectivity index (χ0v) is 12.9. The van der Waals surface area contributed by atoms with Gasteiger partial charge in [-0.2, -0.15) is 0 Å². The van der Waals surface area contributed by atoms with Gasteiger partial charge in [0.1, 0.15) is 6.10 Å². The van der Waals surface area contributed by atoms with Gasteiger partial charge in [-0.1, -0.05) is 19.3 Å². The predicted molar refractivity (Wildman–Crippen MR) is 82.7 cm³/mol. The van der Waals surface area contributed by atoms with Gasteiger partial charge in [0.05, 0.1) is 0 Å². The average molecular weight is 304 g/mol. The number of carbonyl (C=O) groups is 1. The smallest absolute Gasteiger partial charge is 0.317 e. The maximum absolute atomic E-state index is 12.3. The Morgan fingerprint density at radius 1 is 1.09 bits per heavy atom. The molecular formula is C16H24N4O2. The van der Waals surface area contributed by atoms with Crippen LogP contribution in [0.15, 0.2) is 18.5 Å². The first kappa shape index (κ1) is 15.1. The molecule has 0 atom stereocenters. The first-order chi connectivity index (χ1) is 10.8. The minimum absolute atomic E-state index is 0.0845. The van der Waals surface area contributed by atoms with E-state index in [4.69, 9.17) is 4.74 Å². The molecule has 1 saturated carbocycles. The normalized spacial score (nSPS) is 20.6. The van der Waals surface area contributed by atoms with Crippen molar-refractivity contribution in [1.29, 1.82) is 0 Å². The van der Waals surface area contributed by atoms with Gasteiger partial charge in [-0.15, -0.1) is 0 Å². The maximum atomic E-state index is 12.3. The first-order valence-electron chi connectivity index (χ1n) is 8.30. The van der Waals surface area contributed by atoms with Crippen molar-refractivity contribution >= 4 is 6.03 Å². The molecule has 1 saturated heterocycles. The number of aromatic nitrogens is 2. The lowest BCUT2D eigenvalue weighted by molar-refractivity contribution is 0.102. The van der Waals surface area contributed by atoms with Crippen molar-refractivity contribution in [3.63, 3.8) is 0 Å². The zero-order chi connectivity index (χ0) is 15.2. The summed E-state index contributed by atoms with van der Waals surface area (Å²) < 4.78 is 5.75. The van der Waals surface area contributed by atoms with Crippen molar-refractivity contribution in [2.45, 2.75) is 57.1 Å². The molecule has 0 spiro atoms. The minimum Gasteiger partial charge on any atom is -0.460 e. The third kappa shape index (κ3) is 4.08. The fraction of sp³-hybridized carbons (Fsp3) is 0.688. The van der Waals surface area contributed by atoms with E-state index < -0.39 is 0 Å². The Kier molecular flexibility index (Phi) is 5.08. The van der Waals surface area contributed by atoms with Crippen molar-refractivity contribution in [2.24, 2.45) is 0 Å². The summed E-state index contributed by atoms with van der Waals surface area (Å²) in [4.78, 5) is 22.3. The van der Waals surface area contributed by atoms with Crippen LogP contribution in [0.4, 0.5) is 4.79 Å². The summed E-state index contributed by atoms with van der Waals surface area (Å²) in [6.45, 7) is 1.46. The van der Waals surface area contributed by atoms with E-state index in [1.165, 1.54) is 19.3 Å². The highest BCUT2D eigenvalue weighted by atomic mass is 16.5. The molecule has 1 aromatic heterocycles. The molecule has 6 nitrogen and oxygen atoms in total. The number of hydrogen-bond donors (Lipinski definition) is 1. The Bertz CT molecular complexity index is 468. The number of carbonyl (C=O) groups excluding carboxylic acids is 1. The number of urea groups is 1. The second kappa shape index (κ2) is 7.42. The Labute approximate surface area is 131 Å². The fourth-order valence-electron chi connectivity index (χ4n) is 3.18. The molecule has 1 aromatic rings. The number of likely N-dealkylation sites (tertiary alicyclic amines) is 1. The molecule has 0 aromatic carbocycles. The molecule has 2 fully saturated rings. The van der Waals surface area contributed by atoms with Crippen LogP contribution in [0.5, 0.6) is 6.01 Å². The summed E-state index contributed by atoms with van der Waals surface area (Å²) in [6.07, 6.45) is 11.1. The lowest BCUT2D eigenvalue weighted by Gasteiger charge is -2.33. The average Bonchev–Trinajstić information content (AvgIpc) is 2.57. The highest BCUT2D eigenvalue weighted by Gasteiger charge is 2.26. The van der Waals surface area contributed by atoms with Crippen LogP contribution in [0.1, 0.15) is 44.9 Å². The van der Waals surface area contributed by atoms with E-state index >= 15 is 0 Å². The van der Waals surface area contributed by atoms with Crippen LogP contribution in [0.3, 0.4) is 0 Å². The van der Waals surface area contributed by atoms with Crippen molar-refractivity contribution < 1.29 is 9.53 Å². The molecule has 1 N–H and O–H groups in total. The Hall–Kier alpha value is -1.85. The number of nitrogens with zero attached hydrogens (tertiary/aromatic N) is 3. The largest absolute Gasteiger partial charge is 0.460 e. The van der Waals surface area contributed by atoms with E-state index in [-0.39, 0.29) is 12.1 Å². The van der Waals surface area contributed by atoms with Gasteiger partial charge in [0, 0.05) is 44.4 Å². The van der Waals surface area contributed by atoms with E-state index in [2.05, 4.69) is 15.3 Å². The second-order valence-electron chi connectivity index (χ2n) is 6.12. The number of amides is 2. The molecular weight excluding hydrogens is 280 g/mol. The van der Waals surface area contributed by atoms with Crippen LogP contribution < -0.4 is 10.1 Å². The van der Waals surface area contributed by atoms with Crippen molar-refractivity contribution in [2.75, 3.05) is 13.1 Å². The Balaban J connectivity index is 1.42. The van der Waals surface area contributed by atoms with E-state index in [0.717, 1.165) is 38.8 Å². The van der Waals surface area contributed by atoms with Crippen LogP contribution in [-0.4, -0.2) is 46.1 Å². The fourth-order valence-corrected chi connectivity index (χ4v) is 3.18. The number of rotatable bonds is 3. The van der Waals surface area contributed by atoms with Crippen LogP contribution >= 0.6 is 0 Å². The SMILES string of the molecule is O=C(NC1CCCCC1)N1CCC(Oc2ncccn2)CC1. The van der Waals surface area contributed by atoms with Crippen LogP contribution in [0.25, 0.3) is 0 Å². The highest BCUT2D eigenvalue weighted by Crippen LogP contribution is 2.19. The Morgan fingerprint density at radius 3 is 2.45 bits per heavy atom. The molecule has 0 radical (unpaired) electrons. The second-order valence-corrected chi connectivity index (χ2v) is 6.12. The van der Waals surface area contributed by atoms with Gasteiger partial charge in [0.2, 0.25) is 0 Å². The van der Waals surface area contributed by atoms with Gasteiger partial charge >= 0.3 is 12.0 Å². The number of hydrogen-bond acceptors (Lipinski definition) is 4. The highest BCUT2D eigenvalue weighted by molar-refractivity contribution is 5.74. The van der Waals surface area contributed by atoms with E-state index in [9.17, 15) is 4.79 Å². The summed E-state index contributed by atoms with van der Waals surface area (Å²) in [5.74, 6) is 0. The van der Waals surface area contributed by atoms with Gasteiger partial charge < -0.3 is 15.0 Å². The first-order valence-corrected chi connectivity index (χ1v) is 8.30. The topological polar surface area (TPSA) is 67.4 Å². The summed E-state index contributed by atoms with van der Waals surface area (Å²) in [6, 6.07) is 2.65. The van der Waals surface area contributed by atoms with Gasteiger partial charge in [-0.25, -0.2) is 14.8 Å². The van der Waals surface area contributed by atoms with Crippen molar-refractivity contribution in [1.82, 2.24) is 20.2 Å². The number of nitrogens with one attached hydrogen (secondary N) is 1. The van der Waals surface area contributed by atoms with Gasteiger partial charge in [-0.3, -0.25) is 0 Å². The predicted octanol–water partition coefficient (Wildman–Crippen LogP) is 2.36. The summed E-state index contributed by atoms with van der Waals surface area (Å²) in [7, 11) is 0. The molecule has 3 rings (SSSR count). The molecule has 120 valence electrons. The third-order valence-corrected chi connectivity index (χ3v) is 4.48. The molecule has 1 aliphatic carbocycles. The molecule has 0 bridgehead atoms. The van der Waals surface area contributed by atoms with Crippen LogP contribution in [0, 0.1) is 0 Å². The molecule has 2 heterocycles. The summed E-state index contributed by atoms with van der Waals surface area (Å²) >= 11 is 0. The molecule has 6 heteroatoms. The maximum Gasteiger partial charge on any atom is 0.317 e. The van der Waals surface area contributed by atoms with E-state index in [1.807, 2.05) is 4.90 Å². The standard InChI is InChI=1S/C16H24N4O2/c21-16(19-13-5-2-1-3-6-13)20-11-7-14(8-12-20)22-15-17-9-4-10-18-15/h4,9-10,13-14H,1-3,5-8,11-12H2,(H,19,21). The zero-order valence-electron chi connectivity index (χ0n) is 12.9. The quantitative estimate of drug-likeness (QED) is 0.931. The van der Waals surface area contributed by atoms with E-state index in [1.54, 1.807) is 18.5 Å². The van der Waals surface area contributed by atoms with Gasteiger partial charge in [-0.05, 0) is 18.9 Å². The molecule has 2 amide bonds. The number of ether oxygens (including phenoxy) is 1. The van der Waals surface area contributed by atoms with Crippen molar-refractivity contribution in [3.8, 4) is 6.01 Å². The van der Waals surface area contributed by atoms with Gasteiger partial charge in [0.15, 0.2) is 0 Å². The summed E-state index contributed by atoms with van der Waals surface area (Å²) in [5, 5.41) is 3.17. The lowest BCUT2D eigenvalue weighted by Crippen LogP contribution is -2.49. The third-order valence-electron chi connectivity index (χ3n) is 4.48. The van der Waals surface area contributed by atoms with E-state index in [0.29, 0.717) is 12.1 Å². The minimum atomic E-state index is 0.0845. The lowest BCUT2D eigenvalue weighted by atomic mass is 9.96. The van der Waals surface area contributed by atoms with Crippen molar-refractivity contribution in [3.05, 3.63) is 18.5 Å². The molecule has 22 heavy (non-hydrogen) atoms. The van der Waals surface area contributed by atoms with Crippen LogP contribution in [0.2, 0.25) is 0 Å². The number of piperidine rings is 1. The molecule has 0 unspecified atom stereocenters. The monoisotopic (exact) mass is 304 g/mol. The summed E-state index contributed by atoms with van der Waals surface area (Å²) in [5.41, 5.74) is 0. The van der Waals surface area contributed by atoms with Gasteiger partial charge in [0.25, 0.3) is 0 Å².